The zero-order valence-corrected chi connectivity index (χ0v) is 16.7. The predicted octanol–water partition coefficient (Wildman–Crippen LogP) is 2.05. The molecule has 3 aromatic rings. The third kappa shape index (κ3) is 4.00. The van der Waals surface area contributed by atoms with Crippen LogP contribution in [0.25, 0.3) is 5.82 Å². The van der Waals surface area contributed by atoms with Crippen LogP contribution in [-0.2, 0) is 14.8 Å². The molecule has 1 fully saturated rings. The lowest BCUT2D eigenvalue weighted by molar-refractivity contribution is -0.120. The summed E-state index contributed by atoms with van der Waals surface area (Å²) in [7, 11) is -4.04. The van der Waals surface area contributed by atoms with Crippen LogP contribution in [0.2, 0.25) is 0 Å². The first-order valence-electron chi connectivity index (χ1n) is 9.30. The van der Waals surface area contributed by atoms with Crippen molar-refractivity contribution in [3.05, 3.63) is 66.6 Å². The summed E-state index contributed by atoms with van der Waals surface area (Å²) in [6.07, 6.45) is 5.61. The van der Waals surface area contributed by atoms with Gasteiger partial charge in [0.2, 0.25) is 0 Å². The molecular formula is C20H21N5O3S. The first kappa shape index (κ1) is 19.1. The second-order valence-corrected chi connectivity index (χ2v) is 8.65. The topological polar surface area (TPSA) is 97.2 Å². The molecule has 3 heterocycles. The molecule has 1 atom stereocenters. The zero-order valence-electron chi connectivity index (χ0n) is 15.9. The van der Waals surface area contributed by atoms with Gasteiger partial charge in [-0.15, -0.1) is 0 Å². The van der Waals surface area contributed by atoms with Crippen molar-refractivity contribution in [3.8, 4) is 5.82 Å². The number of aromatic nitrogens is 3. The minimum Gasteiger partial charge on any atom is -0.359 e. The van der Waals surface area contributed by atoms with Gasteiger partial charge in [0, 0.05) is 18.4 Å². The normalized spacial score (nSPS) is 16.7. The number of nitrogens with zero attached hydrogens (tertiary/aromatic N) is 4. The highest BCUT2D eigenvalue weighted by atomic mass is 32.2. The van der Waals surface area contributed by atoms with Crippen LogP contribution in [0.3, 0.4) is 0 Å². The fourth-order valence-corrected chi connectivity index (χ4v) is 4.39. The fourth-order valence-electron chi connectivity index (χ4n) is 3.44. The molecule has 1 N–H and O–H groups in total. The lowest BCUT2D eigenvalue weighted by Crippen LogP contribution is -2.45. The third-order valence-electron chi connectivity index (χ3n) is 4.88. The van der Waals surface area contributed by atoms with Gasteiger partial charge in [0.15, 0.2) is 5.82 Å². The van der Waals surface area contributed by atoms with E-state index < -0.39 is 22.0 Å². The highest BCUT2D eigenvalue weighted by Gasteiger charge is 2.33. The van der Waals surface area contributed by atoms with Gasteiger partial charge in [-0.2, -0.15) is 5.10 Å². The Morgan fingerprint density at radius 3 is 2.76 bits per heavy atom. The summed E-state index contributed by atoms with van der Waals surface area (Å²) in [5.74, 6) is -0.0309. The van der Waals surface area contributed by atoms with Crippen molar-refractivity contribution in [3.63, 3.8) is 0 Å². The molecule has 1 unspecified atom stereocenters. The van der Waals surface area contributed by atoms with Gasteiger partial charge in [-0.25, -0.2) is 22.8 Å². The smallest absolute Gasteiger partial charge is 0.267 e. The first-order chi connectivity index (χ1) is 13.9. The van der Waals surface area contributed by atoms with Gasteiger partial charge in [-0.3, -0.25) is 4.79 Å². The number of pyridine rings is 1. The third-order valence-corrected chi connectivity index (χ3v) is 6.18. The highest BCUT2D eigenvalue weighted by Crippen LogP contribution is 2.25. The van der Waals surface area contributed by atoms with Crippen LogP contribution in [-0.4, -0.2) is 41.7 Å². The van der Waals surface area contributed by atoms with Gasteiger partial charge in [-0.1, -0.05) is 18.2 Å². The van der Waals surface area contributed by atoms with Crippen molar-refractivity contribution in [1.82, 2.24) is 19.5 Å². The number of rotatable bonds is 5. The van der Waals surface area contributed by atoms with E-state index in [2.05, 4.69) is 14.8 Å². The van der Waals surface area contributed by atoms with Gasteiger partial charge in [0.1, 0.15) is 10.9 Å². The van der Waals surface area contributed by atoms with E-state index in [-0.39, 0.29) is 4.90 Å². The quantitative estimate of drug-likeness (QED) is 0.690. The van der Waals surface area contributed by atoms with E-state index in [4.69, 9.17) is 0 Å². The van der Waals surface area contributed by atoms with Crippen LogP contribution in [0.1, 0.15) is 18.4 Å². The molecule has 150 valence electrons. The molecule has 0 spiro atoms. The van der Waals surface area contributed by atoms with E-state index in [1.165, 1.54) is 17.1 Å². The van der Waals surface area contributed by atoms with Gasteiger partial charge in [-0.05, 0) is 49.6 Å². The summed E-state index contributed by atoms with van der Waals surface area (Å²) >= 11 is 0. The summed E-state index contributed by atoms with van der Waals surface area (Å²) in [4.78, 5) is 18.8. The summed E-state index contributed by atoms with van der Waals surface area (Å²) in [6, 6.07) is 12.6. The Morgan fingerprint density at radius 2 is 2.00 bits per heavy atom. The Kier molecular flexibility index (Phi) is 5.06. The number of hydrogen-bond donors (Lipinski definition) is 1. The van der Waals surface area contributed by atoms with Gasteiger partial charge in [0.25, 0.3) is 15.9 Å². The molecule has 4 rings (SSSR count). The average Bonchev–Trinajstić information content (AvgIpc) is 3.39. The number of nitrogens with one attached hydrogen (secondary N) is 1. The van der Waals surface area contributed by atoms with Crippen molar-refractivity contribution in [2.75, 3.05) is 11.4 Å². The Morgan fingerprint density at radius 1 is 1.21 bits per heavy atom. The van der Waals surface area contributed by atoms with Crippen molar-refractivity contribution < 1.29 is 13.2 Å². The number of carbonyl (C=O) groups is 1. The number of aryl methyl sites for hydroxylation is 1. The number of amides is 1. The van der Waals surface area contributed by atoms with E-state index >= 15 is 0 Å². The molecule has 0 radical (unpaired) electrons. The number of sulfonamides is 1. The summed E-state index contributed by atoms with van der Waals surface area (Å²) in [6.45, 7) is 2.62. The monoisotopic (exact) mass is 411 g/mol. The molecule has 0 bridgehead atoms. The fraction of sp³-hybridized carbons (Fsp3) is 0.250. The average molecular weight is 411 g/mol. The van der Waals surface area contributed by atoms with Crippen LogP contribution in [0.15, 0.2) is 66.0 Å². The maximum absolute atomic E-state index is 12.8. The maximum Gasteiger partial charge on any atom is 0.267 e. The van der Waals surface area contributed by atoms with E-state index in [1.807, 2.05) is 48.2 Å². The molecule has 0 aliphatic carbocycles. The SMILES string of the molecule is Cc1ccnc(-n2cc(S(=O)(=O)NC(=O)C3CCCN3c3ccccc3)cn2)c1. The maximum atomic E-state index is 12.8. The van der Waals surface area contributed by atoms with Gasteiger partial charge >= 0.3 is 0 Å². The molecule has 1 amide bonds. The van der Waals surface area contributed by atoms with Gasteiger partial charge < -0.3 is 4.90 Å². The molecule has 1 aliphatic rings. The Bertz CT molecular complexity index is 1130. The van der Waals surface area contributed by atoms with E-state index in [9.17, 15) is 13.2 Å². The summed E-state index contributed by atoms with van der Waals surface area (Å²) in [5.41, 5.74) is 1.88. The molecule has 1 saturated heterocycles. The van der Waals surface area contributed by atoms with Crippen LogP contribution in [0.4, 0.5) is 5.69 Å². The van der Waals surface area contributed by atoms with Crippen molar-refractivity contribution >= 4 is 21.6 Å². The molecule has 2 aromatic heterocycles. The summed E-state index contributed by atoms with van der Waals surface area (Å²) in [5, 5.41) is 4.07. The summed E-state index contributed by atoms with van der Waals surface area (Å²) < 4.78 is 29.0. The Balaban J connectivity index is 1.52. The van der Waals surface area contributed by atoms with Crippen molar-refractivity contribution in [1.29, 1.82) is 0 Å². The number of para-hydroxylation sites is 1. The van der Waals surface area contributed by atoms with Gasteiger partial charge in [0.05, 0.1) is 12.4 Å². The molecule has 1 aliphatic heterocycles. The number of hydrogen-bond acceptors (Lipinski definition) is 6. The first-order valence-corrected chi connectivity index (χ1v) is 10.8. The van der Waals surface area contributed by atoms with Crippen LogP contribution < -0.4 is 9.62 Å². The van der Waals surface area contributed by atoms with E-state index in [0.717, 1.165) is 17.7 Å². The minimum absolute atomic E-state index is 0.0848. The Labute approximate surface area is 169 Å². The molecule has 0 saturated carbocycles. The zero-order chi connectivity index (χ0) is 20.4. The van der Waals surface area contributed by atoms with E-state index in [1.54, 1.807) is 12.3 Å². The largest absolute Gasteiger partial charge is 0.359 e. The Hall–Kier alpha value is -3.20. The number of anilines is 1. The standard InChI is InChI=1S/C20H21N5O3S/c1-15-9-10-21-19(12-15)25-14-17(13-22-25)29(27,28)23-20(26)18-8-5-11-24(18)16-6-3-2-4-7-16/h2-4,6-7,9-10,12-14,18H,5,8,11H2,1H3,(H,23,26). The van der Waals surface area contributed by atoms with Crippen LogP contribution >= 0.6 is 0 Å². The van der Waals surface area contributed by atoms with Crippen molar-refractivity contribution in [2.45, 2.75) is 30.7 Å². The highest BCUT2D eigenvalue weighted by molar-refractivity contribution is 7.90. The molecule has 1 aromatic carbocycles. The predicted molar refractivity (Wildman–Crippen MR) is 108 cm³/mol. The van der Waals surface area contributed by atoms with Crippen LogP contribution in [0.5, 0.6) is 0 Å². The molecule has 8 nitrogen and oxygen atoms in total. The second kappa shape index (κ2) is 7.67. The molecular weight excluding hydrogens is 390 g/mol. The number of benzene rings is 1. The minimum atomic E-state index is -4.04. The molecule has 9 heteroatoms. The van der Waals surface area contributed by atoms with Crippen molar-refractivity contribution in [2.24, 2.45) is 0 Å². The second-order valence-electron chi connectivity index (χ2n) is 6.97. The van der Waals surface area contributed by atoms with Crippen LogP contribution in [0, 0.1) is 6.92 Å². The lowest BCUT2D eigenvalue weighted by Gasteiger charge is -2.25. The van der Waals surface area contributed by atoms with E-state index in [0.29, 0.717) is 18.8 Å². The molecule has 29 heavy (non-hydrogen) atoms. The number of carbonyl (C=O) groups excluding carboxylic acids is 1. The lowest BCUT2D eigenvalue weighted by atomic mass is 10.2.